The Morgan fingerprint density at radius 1 is 1.06 bits per heavy atom. The van der Waals surface area contributed by atoms with Crippen LogP contribution in [-0.2, 0) is 6.61 Å². The summed E-state index contributed by atoms with van der Waals surface area (Å²) in [5, 5.41) is 14.1. The Bertz CT molecular complexity index is 1270. The van der Waals surface area contributed by atoms with E-state index in [0.29, 0.717) is 23.7 Å². The molecule has 0 unspecified atom stereocenters. The van der Waals surface area contributed by atoms with Crippen molar-refractivity contribution in [1.29, 1.82) is 0 Å². The van der Waals surface area contributed by atoms with Crippen LogP contribution in [0.15, 0.2) is 60.8 Å². The monoisotopic (exact) mass is 441 g/mol. The van der Waals surface area contributed by atoms with Crippen LogP contribution >= 0.6 is 0 Å². The first kappa shape index (κ1) is 21.2. The van der Waals surface area contributed by atoms with Gasteiger partial charge < -0.3 is 9.84 Å². The first-order chi connectivity index (χ1) is 16.1. The molecule has 4 aromatic rings. The van der Waals surface area contributed by atoms with Crippen molar-refractivity contribution in [2.75, 3.05) is 0 Å². The van der Waals surface area contributed by atoms with E-state index in [1.54, 1.807) is 11.4 Å². The molecule has 0 atom stereocenters. The zero-order valence-corrected chi connectivity index (χ0v) is 18.7. The van der Waals surface area contributed by atoms with Gasteiger partial charge in [0.05, 0.1) is 5.69 Å². The molecule has 6 heteroatoms. The molecule has 33 heavy (non-hydrogen) atoms. The van der Waals surface area contributed by atoms with E-state index in [0.717, 1.165) is 41.0 Å². The number of carbonyl (C=O) groups is 1. The van der Waals surface area contributed by atoms with Crippen LogP contribution < -0.4 is 4.74 Å². The van der Waals surface area contributed by atoms with Crippen molar-refractivity contribution in [3.63, 3.8) is 0 Å². The third kappa shape index (κ3) is 4.21. The average molecular weight is 442 g/mol. The molecule has 1 fully saturated rings. The van der Waals surface area contributed by atoms with Gasteiger partial charge in [-0.15, -0.1) is 0 Å². The van der Waals surface area contributed by atoms with Crippen LogP contribution in [0.2, 0.25) is 0 Å². The molecule has 0 saturated heterocycles. The van der Waals surface area contributed by atoms with Crippen LogP contribution in [0.5, 0.6) is 5.75 Å². The number of aromatic nitrogens is 3. The molecule has 0 aliphatic heterocycles. The SMILES string of the molecule is Cc1c(C(=O)O)nn2c(C3CCCCC3)c(-c3ccc(OCc4ccccc4)cc3)cnc12. The van der Waals surface area contributed by atoms with E-state index in [9.17, 15) is 9.90 Å². The number of hydrogen-bond acceptors (Lipinski definition) is 4. The number of carboxylic acids is 1. The van der Waals surface area contributed by atoms with Gasteiger partial charge >= 0.3 is 5.97 Å². The van der Waals surface area contributed by atoms with Crippen LogP contribution in [0.4, 0.5) is 0 Å². The van der Waals surface area contributed by atoms with E-state index in [4.69, 9.17) is 4.74 Å². The van der Waals surface area contributed by atoms with E-state index < -0.39 is 5.97 Å². The van der Waals surface area contributed by atoms with Gasteiger partial charge in [-0.05, 0) is 43.0 Å². The Kier molecular flexibility index (Phi) is 5.82. The Hall–Kier alpha value is -3.67. The van der Waals surface area contributed by atoms with Gasteiger partial charge in [-0.2, -0.15) is 5.10 Å². The first-order valence-corrected chi connectivity index (χ1v) is 11.5. The minimum Gasteiger partial charge on any atom is -0.489 e. The van der Waals surface area contributed by atoms with Crippen molar-refractivity contribution < 1.29 is 14.6 Å². The van der Waals surface area contributed by atoms with Crippen LogP contribution in [-0.4, -0.2) is 25.7 Å². The number of rotatable bonds is 6. The number of benzene rings is 2. The molecule has 0 bridgehead atoms. The smallest absolute Gasteiger partial charge is 0.356 e. The number of nitrogens with zero attached hydrogens (tertiary/aromatic N) is 3. The molecule has 0 amide bonds. The molecule has 1 saturated carbocycles. The molecule has 1 aliphatic carbocycles. The van der Waals surface area contributed by atoms with Gasteiger partial charge in [-0.3, -0.25) is 0 Å². The van der Waals surface area contributed by atoms with Gasteiger partial charge in [0.25, 0.3) is 0 Å². The lowest BCUT2D eigenvalue weighted by molar-refractivity contribution is 0.0689. The number of carboxylic acid groups (broad SMARTS) is 1. The van der Waals surface area contributed by atoms with E-state index >= 15 is 0 Å². The summed E-state index contributed by atoms with van der Waals surface area (Å²) in [4.78, 5) is 16.3. The molecule has 1 aliphatic rings. The van der Waals surface area contributed by atoms with Gasteiger partial charge in [-0.25, -0.2) is 14.3 Å². The molecular weight excluding hydrogens is 414 g/mol. The highest BCUT2D eigenvalue weighted by molar-refractivity contribution is 5.89. The molecule has 2 aromatic heterocycles. The normalized spacial score (nSPS) is 14.5. The number of fused-ring (bicyclic) bond motifs is 1. The summed E-state index contributed by atoms with van der Waals surface area (Å²) in [7, 11) is 0. The van der Waals surface area contributed by atoms with Crippen LogP contribution in [0.25, 0.3) is 16.8 Å². The first-order valence-electron chi connectivity index (χ1n) is 11.5. The highest BCUT2D eigenvalue weighted by Crippen LogP contribution is 2.39. The summed E-state index contributed by atoms with van der Waals surface area (Å²) in [5.41, 5.74) is 5.52. The highest BCUT2D eigenvalue weighted by atomic mass is 16.5. The van der Waals surface area contributed by atoms with Crippen LogP contribution in [0, 0.1) is 6.92 Å². The third-order valence-corrected chi connectivity index (χ3v) is 6.52. The zero-order valence-electron chi connectivity index (χ0n) is 18.7. The Balaban J connectivity index is 1.52. The largest absolute Gasteiger partial charge is 0.489 e. The van der Waals surface area contributed by atoms with Gasteiger partial charge in [0.1, 0.15) is 12.4 Å². The second kappa shape index (κ2) is 9.06. The summed E-state index contributed by atoms with van der Waals surface area (Å²) in [6, 6.07) is 18.1. The molecule has 0 spiro atoms. The lowest BCUT2D eigenvalue weighted by Gasteiger charge is -2.25. The maximum absolute atomic E-state index is 11.7. The summed E-state index contributed by atoms with van der Waals surface area (Å²) in [6.07, 6.45) is 7.61. The maximum Gasteiger partial charge on any atom is 0.356 e. The van der Waals surface area contributed by atoms with E-state index in [1.165, 1.54) is 19.3 Å². The summed E-state index contributed by atoms with van der Waals surface area (Å²) < 4.78 is 7.73. The van der Waals surface area contributed by atoms with Crippen molar-refractivity contribution in [3.05, 3.63) is 83.3 Å². The maximum atomic E-state index is 11.7. The molecule has 168 valence electrons. The Morgan fingerprint density at radius 2 is 1.79 bits per heavy atom. The number of ether oxygens (including phenoxy) is 1. The van der Waals surface area contributed by atoms with Crippen LogP contribution in [0.1, 0.15) is 65.3 Å². The molecule has 2 heterocycles. The lowest BCUT2D eigenvalue weighted by atomic mass is 9.84. The zero-order chi connectivity index (χ0) is 22.8. The summed E-state index contributed by atoms with van der Waals surface area (Å²) in [6.45, 7) is 2.30. The minimum atomic E-state index is -1.02. The number of aromatic carboxylic acids is 1. The van der Waals surface area contributed by atoms with Crippen molar-refractivity contribution in [1.82, 2.24) is 14.6 Å². The van der Waals surface area contributed by atoms with E-state index in [1.807, 2.05) is 60.8 Å². The predicted octanol–water partition coefficient (Wildman–Crippen LogP) is 6.03. The standard InChI is InChI=1S/C27H27N3O3/c1-18-24(27(31)32)29-30-25(21-10-6-3-7-11-21)23(16-28-26(18)30)20-12-14-22(15-13-20)33-17-19-8-4-2-5-9-19/h2,4-5,8-9,12-16,21H,3,6-7,10-11,17H2,1H3,(H,31,32). The minimum absolute atomic E-state index is 0.0707. The molecule has 6 nitrogen and oxygen atoms in total. The fraction of sp³-hybridized carbons (Fsp3) is 0.296. The fourth-order valence-electron chi connectivity index (χ4n) is 4.78. The summed E-state index contributed by atoms with van der Waals surface area (Å²) in [5.74, 6) is 0.113. The van der Waals surface area contributed by atoms with Gasteiger partial charge in [0.2, 0.25) is 0 Å². The number of hydrogen-bond donors (Lipinski definition) is 1. The number of aryl methyl sites for hydroxylation is 1. The topological polar surface area (TPSA) is 76.7 Å². The molecule has 1 N–H and O–H groups in total. The summed E-state index contributed by atoms with van der Waals surface area (Å²) >= 11 is 0. The van der Waals surface area contributed by atoms with Crippen molar-refractivity contribution in [2.45, 2.75) is 51.6 Å². The van der Waals surface area contributed by atoms with Crippen molar-refractivity contribution in [3.8, 4) is 16.9 Å². The van der Waals surface area contributed by atoms with Crippen molar-refractivity contribution in [2.24, 2.45) is 0 Å². The molecular formula is C27H27N3O3. The second-order valence-electron chi connectivity index (χ2n) is 8.70. The molecule has 2 aromatic carbocycles. The lowest BCUT2D eigenvalue weighted by Crippen LogP contribution is -2.13. The average Bonchev–Trinajstić information content (AvgIpc) is 3.20. The van der Waals surface area contributed by atoms with E-state index in [2.05, 4.69) is 10.1 Å². The Labute approximate surface area is 192 Å². The second-order valence-corrected chi connectivity index (χ2v) is 8.70. The Morgan fingerprint density at radius 3 is 2.48 bits per heavy atom. The quantitative estimate of drug-likeness (QED) is 0.395. The fourth-order valence-corrected chi connectivity index (χ4v) is 4.78. The third-order valence-electron chi connectivity index (χ3n) is 6.52. The molecule has 5 rings (SSSR count). The highest BCUT2D eigenvalue weighted by Gasteiger charge is 2.26. The van der Waals surface area contributed by atoms with Gasteiger partial charge in [-0.1, -0.05) is 61.7 Å². The molecule has 0 radical (unpaired) electrons. The van der Waals surface area contributed by atoms with Crippen molar-refractivity contribution >= 4 is 11.6 Å². The van der Waals surface area contributed by atoms with E-state index in [-0.39, 0.29) is 5.69 Å². The van der Waals surface area contributed by atoms with Gasteiger partial charge in [0, 0.05) is 23.2 Å². The predicted molar refractivity (Wildman–Crippen MR) is 127 cm³/mol. The van der Waals surface area contributed by atoms with Gasteiger partial charge in [0.15, 0.2) is 11.3 Å². The van der Waals surface area contributed by atoms with Crippen LogP contribution in [0.3, 0.4) is 0 Å².